The van der Waals surface area contributed by atoms with Crippen LogP contribution in [0.1, 0.15) is 46.3 Å². The van der Waals surface area contributed by atoms with E-state index in [2.05, 4.69) is 100 Å². The predicted octanol–water partition coefficient (Wildman–Crippen LogP) is 7.61. The Morgan fingerprint density at radius 2 is 1.37 bits per heavy atom. The van der Waals surface area contributed by atoms with Crippen LogP contribution in [0.4, 0.5) is 0 Å². The summed E-state index contributed by atoms with van der Waals surface area (Å²) in [5, 5.41) is 0. The van der Waals surface area contributed by atoms with E-state index < -0.39 is 0 Å². The zero-order chi connectivity index (χ0) is 19.1. The van der Waals surface area contributed by atoms with Crippen molar-refractivity contribution in [2.24, 2.45) is 11.3 Å². The molecule has 1 aromatic heterocycles. The first-order valence-corrected chi connectivity index (χ1v) is 10.0. The lowest BCUT2D eigenvalue weighted by Crippen LogP contribution is -2.37. The average Bonchev–Trinajstić information content (AvgIpc) is 2.92. The van der Waals surface area contributed by atoms with Crippen molar-refractivity contribution >= 4 is 0 Å². The van der Waals surface area contributed by atoms with Crippen LogP contribution in [0.5, 0.6) is 0 Å². The monoisotopic (exact) mass is 357 g/mol. The van der Waals surface area contributed by atoms with Gasteiger partial charge in [-0.1, -0.05) is 69.3 Å². The fourth-order valence-electron chi connectivity index (χ4n) is 4.49. The zero-order valence-electron chi connectivity index (χ0n) is 16.8. The summed E-state index contributed by atoms with van der Waals surface area (Å²) in [4.78, 5) is 0. The molecule has 0 amide bonds. The van der Waals surface area contributed by atoms with E-state index in [1.807, 2.05) is 0 Å². The zero-order valence-corrected chi connectivity index (χ0v) is 16.8. The smallest absolute Gasteiger partial charge is 0.212 e. The van der Waals surface area contributed by atoms with E-state index in [-0.39, 0.29) is 10.8 Å². The fraction of sp³-hybridized carbons (Fsp3) is 0.346. The highest BCUT2D eigenvalue weighted by molar-refractivity contribution is 5.70. The van der Waals surface area contributed by atoms with Crippen LogP contribution in [0.15, 0.2) is 77.2 Å². The summed E-state index contributed by atoms with van der Waals surface area (Å²) in [6.07, 6.45) is 2.41. The molecule has 0 radical (unpaired) electrons. The number of rotatable bonds is 3. The highest BCUT2D eigenvalue weighted by Gasteiger charge is 2.56. The summed E-state index contributed by atoms with van der Waals surface area (Å²) in [7, 11) is 0. The van der Waals surface area contributed by atoms with Crippen LogP contribution >= 0.6 is 0 Å². The highest BCUT2D eigenvalue weighted by atomic mass is 16.3. The van der Waals surface area contributed by atoms with Crippen molar-refractivity contribution in [3.63, 3.8) is 0 Å². The van der Waals surface area contributed by atoms with Crippen LogP contribution in [-0.2, 0) is 5.41 Å². The predicted molar refractivity (Wildman–Crippen MR) is 114 cm³/mol. The van der Waals surface area contributed by atoms with Crippen LogP contribution in [-0.4, -0.2) is 0 Å². The molecule has 2 atom stereocenters. The van der Waals surface area contributed by atoms with Gasteiger partial charge in [0, 0.05) is 11.6 Å². The Kier molecular flexibility index (Phi) is 4.42. The van der Waals surface area contributed by atoms with Crippen LogP contribution in [0.25, 0.3) is 22.5 Å². The topological polar surface area (TPSA) is 11.3 Å². The molecule has 1 fully saturated rings. The third-order valence-electron chi connectivity index (χ3n) is 7.23. The molecular weight excluding hydrogens is 328 g/mol. The number of hydrogen-bond acceptors (Lipinski definition) is 0. The second kappa shape index (κ2) is 6.64. The minimum absolute atomic E-state index is 0.0285. The van der Waals surface area contributed by atoms with Crippen LogP contribution < -0.4 is 0 Å². The normalized spacial score (nSPS) is 24.1. The first-order valence-electron chi connectivity index (χ1n) is 10.0. The molecule has 2 aromatic carbocycles. The SMILES string of the molecule is C[C@@H]1CC[C@@](C)(c2cc(-c3ccccc3)cc(-c3ccccc3)[o+]2)C1(C)C. The summed E-state index contributed by atoms with van der Waals surface area (Å²) < 4.78 is 6.60. The summed E-state index contributed by atoms with van der Waals surface area (Å²) in [6.45, 7) is 9.57. The van der Waals surface area contributed by atoms with Gasteiger partial charge in [-0.3, -0.25) is 0 Å². The van der Waals surface area contributed by atoms with Crippen molar-refractivity contribution in [2.75, 3.05) is 0 Å². The maximum Gasteiger partial charge on any atom is 0.360 e. The molecule has 138 valence electrons. The molecule has 0 spiro atoms. The molecule has 1 heterocycles. The van der Waals surface area contributed by atoms with Crippen molar-refractivity contribution < 1.29 is 4.42 Å². The van der Waals surface area contributed by atoms with E-state index in [1.54, 1.807) is 0 Å². The summed E-state index contributed by atoms with van der Waals surface area (Å²) in [5.41, 5.74) is 3.82. The van der Waals surface area contributed by atoms with Crippen molar-refractivity contribution in [3.8, 4) is 22.5 Å². The third kappa shape index (κ3) is 3.00. The number of benzene rings is 2. The van der Waals surface area contributed by atoms with Crippen LogP contribution in [0.2, 0.25) is 0 Å². The molecule has 1 heteroatoms. The highest BCUT2D eigenvalue weighted by Crippen LogP contribution is 2.57. The molecule has 1 aliphatic rings. The summed E-state index contributed by atoms with van der Waals surface area (Å²) >= 11 is 0. The van der Waals surface area contributed by atoms with E-state index in [0.717, 1.165) is 23.5 Å². The van der Waals surface area contributed by atoms with E-state index in [1.165, 1.54) is 17.5 Å². The summed E-state index contributed by atoms with van der Waals surface area (Å²) in [5.74, 6) is 2.74. The first-order chi connectivity index (χ1) is 12.9. The second-order valence-electron chi connectivity index (χ2n) is 8.80. The lowest BCUT2D eigenvalue weighted by Gasteiger charge is -2.36. The van der Waals surface area contributed by atoms with Gasteiger partial charge in [-0.05, 0) is 48.8 Å². The van der Waals surface area contributed by atoms with E-state index in [0.29, 0.717) is 5.92 Å². The first kappa shape index (κ1) is 18.0. The molecule has 0 saturated heterocycles. The van der Waals surface area contributed by atoms with Crippen molar-refractivity contribution in [1.82, 2.24) is 0 Å². The van der Waals surface area contributed by atoms with Gasteiger partial charge in [-0.2, -0.15) is 0 Å². The van der Waals surface area contributed by atoms with Gasteiger partial charge < -0.3 is 0 Å². The Morgan fingerprint density at radius 3 is 1.93 bits per heavy atom. The maximum atomic E-state index is 6.60. The standard InChI is InChI=1S/C26H29O/c1-19-15-16-26(4,25(19,2)3)24-18-22(20-11-7-5-8-12-20)17-23(27-24)21-13-9-6-10-14-21/h5-14,17-19H,15-16H2,1-4H3/q+1/t19-,26+/m1/s1. The van der Waals surface area contributed by atoms with Gasteiger partial charge in [0.1, 0.15) is 0 Å². The van der Waals surface area contributed by atoms with Gasteiger partial charge in [-0.15, -0.1) is 0 Å². The van der Waals surface area contributed by atoms with E-state index >= 15 is 0 Å². The quantitative estimate of drug-likeness (QED) is 0.439. The molecule has 0 unspecified atom stereocenters. The van der Waals surface area contributed by atoms with Gasteiger partial charge in [0.15, 0.2) is 0 Å². The largest absolute Gasteiger partial charge is 0.360 e. The minimum Gasteiger partial charge on any atom is -0.212 e. The van der Waals surface area contributed by atoms with Gasteiger partial charge in [-0.25, -0.2) is 4.42 Å². The van der Waals surface area contributed by atoms with Gasteiger partial charge in [0.25, 0.3) is 0 Å². The van der Waals surface area contributed by atoms with Crippen LogP contribution in [0, 0.1) is 11.3 Å². The Bertz CT molecular complexity index is 869. The average molecular weight is 358 g/mol. The molecule has 27 heavy (non-hydrogen) atoms. The third-order valence-corrected chi connectivity index (χ3v) is 7.23. The Morgan fingerprint density at radius 1 is 0.778 bits per heavy atom. The Labute approximate surface area is 163 Å². The van der Waals surface area contributed by atoms with Gasteiger partial charge in [0.2, 0.25) is 0 Å². The summed E-state index contributed by atoms with van der Waals surface area (Å²) in [6, 6.07) is 25.5. The Balaban J connectivity index is 1.92. The lowest BCUT2D eigenvalue weighted by atomic mass is 9.64. The molecule has 0 bridgehead atoms. The van der Waals surface area contributed by atoms with Crippen molar-refractivity contribution in [3.05, 3.63) is 78.6 Å². The molecule has 3 aromatic rings. The fourth-order valence-corrected chi connectivity index (χ4v) is 4.49. The molecular formula is C26H29O+. The maximum absolute atomic E-state index is 6.60. The molecule has 1 aliphatic carbocycles. The number of hydrogen-bond donors (Lipinski definition) is 0. The van der Waals surface area contributed by atoms with Gasteiger partial charge >= 0.3 is 11.5 Å². The van der Waals surface area contributed by atoms with Crippen LogP contribution in [0.3, 0.4) is 0 Å². The van der Waals surface area contributed by atoms with E-state index in [9.17, 15) is 0 Å². The molecule has 1 saturated carbocycles. The second-order valence-corrected chi connectivity index (χ2v) is 8.80. The Hall–Kier alpha value is -2.41. The van der Waals surface area contributed by atoms with Crippen molar-refractivity contribution in [2.45, 2.75) is 46.0 Å². The molecule has 0 N–H and O–H groups in total. The molecule has 4 rings (SSSR count). The van der Waals surface area contributed by atoms with E-state index in [4.69, 9.17) is 4.42 Å². The van der Waals surface area contributed by atoms with Crippen molar-refractivity contribution in [1.29, 1.82) is 0 Å². The van der Waals surface area contributed by atoms with Gasteiger partial charge in [0.05, 0.1) is 17.0 Å². The minimum atomic E-state index is 0.0285. The molecule has 0 aliphatic heterocycles. The molecule has 1 nitrogen and oxygen atoms in total. The lowest BCUT2D eigenvalue weighted by molar-refractivity contribution is 0.146.